The number of hydrogen-bond donors (Lipinski definition) is 2. The van der Waals surface area contributed by atoms with E-state index in [1.54, 1.807) is 0 Å². The van der Waals surface area contributed by atoms with Crippen LogP contribution in [0.25, 0.3) is 0 Å². The van der Waals surface area contributed by atoms with E-state index in [1.165, 1.54) is 4.90 Å². The maximum Gasteiger partial charge on any atom is 0.327 e. The molecule has 1 aromatic rings. The van der Waals surface area contributed by atoms with Crippen LogP contribution in [0.1, 0.15) is 17.5 Å². The average Bonchev–Trinajstić information content (AvgIpc) is 2.69. The average molecular weight is 246 g/mol. The maximum atomic E-state index is 12.2. The van der Waals surface area contributed by atoms with Crippen LogP contribution in [0.3, 0.4) is 0 Å². The Morgan fingerprint density at radius 3 is 2.83 bits per heavy atom. The normalized spacial score (nSPS) is 25.8. The molecular weight excluding hydrogens is 232 g/mol. The zero-order valence-electron chi connectivity index (χ0n) is 9.80. The van der Waals surface area contributed by atoms with Gasteiger partial charge < -0.3 is 10.8 Å². The van der Waals surface area contributed by atoms with Gasteiger partial charge in [-0.3, -0.25) is 9.69 Å². The van der Waals surface area contributed by atoms with E-state index < -0.39 is 18.1 Å². The molecule has 1 amide bonds. The second-order valence-corrected chi connectivity index (χ2v) is 4.84. The number of anilines is 1. The fourth-order valence-electron chi connectivity index (χ4n) is 2.85. The third kappa shape index (κ3) is 1.44. The first-order valence-electron chi connectivity index (χ1n) is 6.02. The van der Waals surface area contributed by atoms with Gasteiger partial charge in [0.25, 0.3) is 0 Å². The molecule has 18 heavy (non-hydrogen) atoms. The number of carboxylic acids is 1. The summed E-state index contributed by atoms with van der Waals surface area (Å²) in [6.45, 7) is 0. The molecule has 0 radical (unpaired) electrons. The lowest BCUT2D eigenvalue weighted by Gasteiger charge is -2.24. The molecule has 0 fully saturated rings. The molecule has 0 saturated carbocycles. The molecule has 2 heterocycles. The predicted octanol–water partition coefficient (Wildman–Crippen LogP) is 0.302. The van der Waals surface area contributed by atoms with Gasteiger partial charge in [0.05, 0.1) is 11.7 Å². The highest BCUT2D eigenvalue weighted by molar-refractivity contribution is 6.05. The smallest absolute Gasteiger partial charge is 0.327 e. The fraction of sp³-hybridized carbons (Fsp3) is 0.385. The lowest BCUT2D eigenvalue weighted by Crippen LogP contribution is -2.49. The van der Waals surface area contributed by atoms with Gasteiger partial charge in [0.2, 0.25) is 5.91 Å². The Kier molecular flexibility index (Phi) is 2.38. The Morgan fingerprint density at radius 1 is 1.39 bits per heavy atom. The molecule has 5 nitrogen and oxygen atoms in total. The largest absolute Gasteiger partial charge is 0.480 e. The van der Waals surface area contributed by atoms with Crippen molar-refractivity contribution in [1.82, 2.24) is 0 Å². The zero-order valence-corrected chi connectivity index (χ0v) is 9.80. The van der Waals surface area contributed by atoms with Crippen molar-refractivity contribution in [2.75, 3.05) is 4.90 Å². The number of carbonyl (C=O) groups is 2. The van der Waals surface area contributed by atoms with E-state index in [2.05, 4.69) is 0 Å². The summed E-state index contributed by atoms with van der Waals surface area (Å²) in [5.41, 5.74) is 8.56. The van der Waals surface area contributed by atoms with Crippen molar-refractivity contribution >= 4 is 17.6 Å². The maximum absolute atomic E-state index is 12.2. The summed E-state index contributed by atoms with van der Waals surface area (Å²) in [5, 5.41) is 9.26. The first-order chi connectivity index (χ1) is 8.59. The van der Waals surface area contributed by atoms with Crippen molar-refractivity contribution < 1.29 is 14.7 Å². The summed E-state index contributed by atoms with van der Waals surface area (Å²) in [6, 6.07) is 4.33. The molecule has 0 aromatic heterocycles. The van der Waals surface area contributed by atoms with E-state index in [0.29, 0.717) is 12.8 Å². The molecule has 5 heteroatoms. The molecule has 2 aliphatic heterocycles. The first kappa shape index (κ1) is 11.2. The van der Waals surface area contributed by atoms with Gasteiger partial charge in [0.1, 0.15) is 6.04 Å². The topological polar surface area (TPSA) is 83.6 Å². The number of amides is 1. The van der Waals surface area contributed by atoms with Crippen molar-refractivity contribution in [3.05, 3.63) is 29.3 Å². The molecule has 0 aliphatic carbocycles. The number of carboxylic acid groups (broad SMARTS) is 1. The molecule has 0 unspecified atom stereocenters. The fourth-order valence-corrected chi connectivity index (χ4v) is 2.85. The van der Waals surface area contributed by atoms with Gasteiger partial charge in [-0.1, -0.05) is 18.2 Å². The molecule has 3 N–H and O–H groups in total. The number of rotatable bonds is 1. The predicted molar refractivity (Wildman–Crippen MR) is 65.4 cm³/mol. The highest BCUT2D eigenvalue weighted by Crippen LogP contribution is 2.38. The second-order valence-electron chi connectivity index (χ2n) is 4.84. The minimum Gasteiger partial charge on any atom is -0.480 e. The molecule has 2 atom stereocenters. The summed E-state index contributed by atoms with van der Waals surface area (Å²) in [4.78, 5) is 24.9. The number of carbonyl (C=O) groups excluding carboxylic acids is 1. The minimum absolute atomic E-state index is 0.272. The molecule has 94 valence electrons. The molecule has 2 aliphatic rings. The van der Waals surface area contributed by atoms with Gasteiger partial charge in [0, 0.05) is 6.42 Å². The van der Waals surface area contributed by atoms with E-state index in [9.17, 15) is 14.7 Å². The number of aryl methyl sites for hydroxylation is 1. The number of para-hydroxylation sites is 1. The van der Waals surface area contributed by atoms with Crippen LogP contribution in [0.5, 0.6) is 0 Å². The number of benzene rings is 1. The summed E-state index contributed by atoms with van der Waals surface area (Å²) < 4.78 is 0. The van der Waals surface area contributed by atoms with Gasteiger partial charge in [-0.2, -0.15) is 0 Å². The van der Waals surface area contributed by atoms with Crippen LogP contribution in [0.2, 0.25) is 0 Å². The van der Waals surface area contributed by atoms with Crippen LogP contribution in [0, 0.1) is 0 Å². The van der Waals surface area contributed by atoms with Crippen LogP contribution in [0.15, 0.2) is 18.2 Å². The van der Waals surface area contributed by atoms with Gasteiger partial charge in [-0.15, -0.1) is 0 Å². The highest BCUT2D eigenvalue weighted by Gasteiger charge is 2.42. The first-order valence-corrected chi connectivity index (χ1v) is 6.02. The van der Waals surface area contributed by atoms with Crippen molar-refractivity contribution in [3.8, 4) is 0 Å². The third-order valence-electron chi connectivity index (χ3n) is 3.73. The molecule has 0 spiro atoms. The van der Waals surface area contributed by atoms with Crippen molar-refractivity contribution in [1.29, 1.82) is 0 Å². The van der Waals surface area contributed by atoms with Crippen LogP contribution in [-0.4, -0.2) is 29.1 Å². The van der Waals surface area contributed by atoms with Crippen LogP contribution in [0.4, 0.5) is 5.69 Å². The van der Waals surface area contributed by atoms with E-state index in [-0.39, 0.29) is 5.91 Å². The lowest BCUT2D eigenvalue weighted by molar-refractivity contribution is -0.140. The van der Waals surface area contributed by atoms with Gasteiger partial charge in [-0.25, -0.2) is 4.79 Å². The third-order valence-corrected chi connectivity index (χ3v) is 3.73. The monoisotopic (exact) mass is 246 g/mol. The Hall–Kier alpha value is -1.88. The highest BCUT2D eigenvalue weighted by atomic mass is 16.4. The number of hydrogen-bond acceptors (Lipinski definition) is 3. The second kappa shape index (κ2) is 3.81. The van der Waals surface area contributed by atoms with E-state index >= 15 is 0 Å². The summed E-state index contributed by atoms with van der Waals surface area (Å²) in [7, 11) is 0. The van der Waals surface area contributed by atoms with Crippen LogP contribution < -0.4 is 10.6 Å². The lowest BCUT2D eigenvalue weighted by atomic mass is 10.0. The summed E-state index contributed by atoms with van der Waals surface area (Å²) in [6.07, 6.45) is 1.66. The van der Waals surface area contributed by atoms with Gasteiger partial charge >= 0.3 is 5.97 Å². The molecule has 0 bridgehead atoms. The van der Waals surface area contributed by atoms with Crippen molar-refractivity contribution in [3.63, 3.8) is 0 Å². The van der Waals surface area contributed by atoms with Crippen LogP contribution >= 0.6 is 0 Å². The Bertz CT molecular complexity index is 541. The summed E-state index contributed by atoms with van der Waals surface area (Å²) in [5.74, 6) is -1.24. The molecule has 1 aromatic carbocycles. The minimum atomic E-state index is -0.973. The summed E-state index contributed by atoms with van der Waals surface area (Å²) >= 11 is 0. The van der Waals surface area contributed by atoms with E-state index in [4.69, 9.17) is 5.73 Å². The standard InChI is InChI=1S/C13H14N2O3/c14-9-5-4-7-2-1-3-8-6-10(13(17)18)15(11(7)8)12(9)16/h1-3,9-10H,4-6,14H2,(H,17,18)/t9-,10+/m1/s1. The molecule has 3 rings (SSSR count). The number of aliphatic carboxylic acids is 1. The SMILES string of the molecule is N[C@@H]1CCc2cccc3c2N(C1=O)[C@H](C(=O)O)C3. The molecular formula is C13H14N2O3. The van der Waals surface area contributed by atoms with E-state index in [1.807, 2.05) is 18.2 Å². The van der Waals surface area contributed by atoms with Gasteiger partial charge in [-0.05, 0) is 24.0 Å². The van der Waals surface area contributed by atoms with Crippen molar-refractivity contribution in [2.45, 2.75) is 31.3 Å². The zero-order chi connectivity index (χ0) is 12.9. The number of nitrogens with two attached hydrogens (primary N) is 1. The number of nitrogens with zero attached hydrogens (tertiary/aromatic N) is 1. The molecule has 0 saturated heterocycles. The van der Waals surface area contributed by atoms with Crippen molar-refractivity contribution in [2.24, 2.45) is 5.73 Å². The van der Waals surface area contributed by atoms with Gasteiger partial charge in [0.15, 0.2) is 0 Å². The Labute approximate surface area is 104 Å². The Morgan fingerprint density at radius 2 is 2.11 bits per heavy atom. The quantitative estimate of drug-likeness (QED) is 0.746. The van der Waals surface area contributed by atoms with Crippen LogP contribution in [-0.2, 0) is 22.4 Å². The Balaban J connectivity index is 2.18. The van der Waals surface area contributed by atoms with E-state index in [0.717, 1.165) is 23.2 Å².